The Balaban J connectivity index is 1.84. The van der Waals surface area contributed by atoms with Gasteiger partial charge in [0.2, 0.25) is 0 Å². The molecule has 3 rings (SSSR count). The Morgan fingerprint density at radius 2 is 2.23 bits per heavy atom. The minimum Gasteiger partial charge on any atom is -0.480 e. The Kier molecular flexibility index (Phi) is 5.86. The zero-order valence-corrected chi connectivity index (χ0v) is 17.5. The number of halogens is 1. The first kappa shape index (κ1) is 19.5. The molecule has 0 saturated carbocycles. The maximum absolute atomic E-state index is 12.5. The van der Waals surface area contributed by atoms with E-state index in [-0.39, 0.29) is 10.6 Å². The number of allylic oxidation sites excluding steroid dienone is 5. The lowest BCUT2D eigenvalue weighted by atomic mass is 9.79. The summed E-state index contributed by atoms with van der Waals surface area (Å²) in [4.78, 5) is 11.7. The average Bonchev–Trinajstić information content (AvgIpc) is 3.01. The Morgan fingerprint density at radius 1 is 1.46 bits per heavy atom. The van der Waals surface area contributed by atoms with Gasteiger partial charge in [0.1, 0.15) is 10.3 Å². The molecule has 0 spiro atoms. The quantitative estimate of drug-likeness (QED) is 0.668. The third-order valence-electron chi connectivity index (χ3n) is 4.51. The third kappa shape index (κ3) is 4.36. The van der Waals surface area contributed by atoms with E-state index in [1.54, 1.807) is 6.07 Å². The van der Waals surface area contributed by atoms with E-state index >= 15 is 0 Å². The molecule has 0 bridgehead atoms. The summed E-state index contributed by atoms with van der Waals surface area (Å²) in [6.07, 6.45) is 9.30. The number of rotatable bonds is 6. The first-order chi connectivity index (χ1) is 12.3. The molecule has 2 N–H and O–H groups in total. The monoisotopic (exact) mass is 457 g/mol. The van der Waals surface area contributed by atoms with Gasteiger partial charge in [0.15, 0.2) is 0 Å². The summed E-state index contributed by atoms with van der Waals surface area (Å²) >= 11 is 4.28. The summed E-state index contributed by atoms with van der Waals surface area (Å²) in [5, 5.41) is 9.59. The van der Waals surface area contributed by atoms with Crippen LogP contribution in [0.25, 0.3) is 0 Å². The van der Waals surface area contributed by atoms with E-state index < -0.39 is 22.0 Å². The summed E-state index contributed by atoms with van der Waals surface area (Å²) in [5.41, 5.74) is 3.34. The molecule has 2 aliphatic rings. The standard InChI is InChI=1S/C18H20BrNO4S2/c1-11-8-12-4-2-3-5-14(12)13(9-11)10-15(18(21)22)20-26(23,24)17-7-6-16(19)25-17/h3,5-7,9,11,15,20H,2,4,8,10H2,1H3,(H,21,22). The molecule has 0 aromatic carbocycles. The highest BCUT2D eigenvalue weighted by Crippen LogP contribution is 2.37. The summed E-state index contributed by atoms with van der Waals surface area (Å²) in [7, 11) is -3.88. The Labute approximate surface area is 165 Å². The number of carbonyl (C=O) groups is 1. The highest BCUT2D eigenvalue weighted by atomic mass is 79.9. The van der Waals surface area contributed by atoms with Crippen LogP contribution < -0.4 is 4.72 Å². The SMILES string of the molecule is CC1C=C(CC(NS(=O)(=O)c2ccc(Br)s2)C(=O)O)C2=C(CCC=C2)C1. The van der Waals surface area contributed by atoms with Crippen LogP contribution in [0.3, 0.4) is 0 Å². The third-order valence-corrected chi connectivity index (χ3v) is 8.10. The van der Waals surface area contributed by atoms with Crippen molar-refractivity contribution < 1.29 is 18.3 Å². The van der Waals surface area contributed by atoms with Crippen molar-refractivity contribution in [3.05, 3.63) is 50.9 Å². The van der Waals surface area contributed by atoms with Crippen LogP contribution in [0.4, 0.5) is 0 Å². The van der Waals surface area contributed by atoms with Crippen molar-refractivity contribution in [3.8, 4) is 0 Å². The smallest absolute Gasteiger partial charge is 0.322 e. The van der Waals surface area contributed by atoms with E-state index in [0.29, 0.717) is 9.70 Å². The summed E-state index contributed by atoms with van der Waals surface area (Å²) in [6, 6.07) is 1.88. The number of thiophene rings is 1. The number of sulfonamides is 1. The number of hydrogen-bond donors (Lipinski definition) is 2. The van der Waals surface area contributed by atoms with E-state index in [1.807, 2.05) is 6.08 Å². The number of carboxylic acids is 1. The molecule has 2 aliphatic carbocycles. The highest BCUT2D eigenvalue weighted by Gasteiger charge is 2.30. The predicted molar refractivity (Wildman–Crippen MR) is 106 cm³/mol. The lowest BCUT2D eigenvalue weighted by Gasteiger charge is -2.27. The van der Waals surface area contributed by atoms with Crippen LogP contribution in [0.5, 0.6) is 0 Å². The van der Waals surface area contributed by atoms with Crippen LogP contribution in [0.15, 0.2) is 55.1 Å². The van der Waals surface area contributed by atoms with E-state index in [4.69, 9.17) is 0 Å². The molecule has 1 aromatic rings. The van der Waals surface area contributed by atoms with E-state index in [1.165, 1.54) is 11.6 Å². The van der Waals surface area contributed by atoms with E-state index in [9.17, 15) is 18.3 Å². The highest BCUT2D eigenvalue weighted by molar-refractivity contribution is 9.11. The molecule has 0 fully saturated rings. The zero-order chi connectivity index (χ0) is 18.9. The first-order valence-corrected chi connectivity index (χ1v) is 11.5. The van der Waals surface area contributed by atoms with Gasteiger partial charge in [0.25, 0.3) is 10.0 Å². The molecular formula is C18H20BrNO4S2. The van der Waals surface area contributed by atoms with Crippen LogP contribution in [-0.2, 0) is 14.8 Å². The van der Waals surface area contributed by atoms with Crippen LogP contribution >= 0.6 is 27.3 Å². The van der Waals surface area contributed by atoms with Crippen molar-refractivity contribution >= 4 is 43.3 Å². The largest absolute Gasteiger partial charge is 0.480 e. The number of nitrogens with one attached hydrogen (secondary N) is 1. The molecule has 26 heavy (non-hydrogen) atoms. The molecule has 0 radical (unpaired) electrons. The normalized spacial score (nSPS) is 21.3. The molecular weight excluding hydrogens is 438 g/mol. The fourth-order valence-electron chi connectivity index (χ4n) is 3.40. The van der Waals surface area contributed by atoms with E-state index in [0.717, 1.165) is 41.7 Å². The molecule has 2 unspecified atom stereocenters. The van der Waals surface area contributed by atoms with Crippen LogP contribution in [-0.4, -0.2) is 25.5 Å². The predicted octanol–water partition coefficient (Wildman–Crippen LogP) is 4.25. The lowest BCUT2D eigenvalue weighted by Crippen LogP contribution is -2.41. The summed E-state index contributed by atoms with van der Waals surface area (Å²) in [5.74, 6) is -0.847. The molecule has 0 amide bonds. The minimum atomic E-state index is -3.88. The number of aliphatic carboxylic acids is 1. The van der Waals surface area contributed by atoms with Gasteiger partial charge in [0, 0.05) is 0 Å². The van der Waals surface area contributed by atoms with Crippen LogP contribution in [0, 0.1) is 5.92 Å². The topological polar surface area (TPSA) is 83.5 Å². The van der Waals surface area contributed by atoms with Gasteiger partial charge < -0.3 is 5.11 Å². The van der Waals surface area contributed by atoms with Crippen molar-refractivity contribution in [3.63, 3.8) is 0 Å². The molecule has 8 heteroatoms. The second-order valence-corrected chi connectivity index (χ2v) is 11.0. The summed E-state index contributed by atoms with van der Waals surface area (Å²) in [6.45, 7) is 2.10. The Morgan fingerprint density at radius 3 is 2.88 bits per heavy atom. The van der Waals surface area contributed by atoms with Gasteiger partial charge in [-0.25, -0.2) is 8.42 Å². The van der Waals surface area contributed by atoms with Gasteiger partial charge in [-0.1, -0.05) is 30.7 Å². The number of hydrogen-bond acceptors (Lipinski definition) is 4. The van der Waals surface area contributed by atoms with Crippen LogP contribution in [0.1, 0.15) is 32.6 Å². The molecule has 5 nitrogen and oxygen atoms in total. The minimum absolute atomic E-state index is 0.0964. The van der Waals surface area contributed by atoms with Gasteiger partial charge >= 0.3 is 5.97 Å². The molecule has 0 aliphatic heterocycles. The Bertz CT molecular complexity index is 911. The van der Waals surface area contributed by atoms with Crippen molar-refractivity contribution in [1.82, 2.24) is 4.72 Å². The fraction of sp³-hybridized carbons (Fsp3) is 0.389. The van der Waals surface area contributed by atoms with Crippen molar-refractivity contribution in [2.24, 2.45) is 5.92 Å². The fourth-order valence-corrected chi connectivity index (χ4v) is 6.62. The average molecular weight is 458 g/mol. The molecule has 0 saturated heterocycles. The van der Waals surface area contributed by atoms with Gasteiger partial charge in [-0.15, -0.1) is 11.3 Å². The second-order valence-electron chi connectivity index (χ2n) is 6.61. The van der Waals surface area contributed by atoms with Gasteiger partial charge in [0.05, 0.1) is 3.79 Å². The van der Waals surface area contributed by atoms with Crippen molar-refractivity contribution in [1.29, 1.82) is 0 Å². The second kappa shape index (κ2) is 7.80. The molecule has 1 aromatic heterocycles. The first-order valence-electron chi connectivity index (χ1n) is 8.36. The van der Waals surface area contributed by atoms with Gasteiger partial charge in [-0.05, 0) is 70.8 Å². The molecule has 1 heterocycles. The Hall–Kier alpha value is -1.22. The zero-order valence-electron chi connectivity index (χ0n) is 14.2. The molecule has 140 valence electrons. The lowest BCUT2D eigenvalue weighted by molar-refractivity contribution is -0.138. The maximum atomic E-state index is 12.5. The van der Waals surface area contributed by atoms with Gasteiger partial charge in [-0.3, -0.25) is 4.79 Å². The van der Waals surface area contributed by atoms with Crippen LogP contribution in [0.2, 0.25) is 0 Å². The van der Waals surface area contributed by atoms with Crippen molar-refractivity contribution in [2.75, 3.05) is 0 Å². The molecule has 2 atom stereocenters. The maximum Gasteiger partial charge on any atom is 0.322 e. The van der Waals surface area contributed by atoms with Gasteiger partial charge in [-0.2, -0.15) is 4.72 Å². The van der Waals surface area contributed by atoms with E-state index in [2.05, 4.69) is 39.7 Å². The number of carboxylic acid groups (broad SMARTS) is 1. The van der Waals surface area contributed by atoms with Crippen molar-refractivity contribution in [2.45, 2.75) is 42.9 Å². The summed E-state index contributed by atoms with van der Waals surface area (Å²) < 4.78 is 28.2.